The first-order valence-electron chi connectivity index (χ1n) is 31.6. The van der Waals surface area contributed by atoms with E-state index in [1.165, 1.54) is 180 Å². The second-order valence-electron chi connectivity index (χ2n) is 20.9. The fourth-order valence-corrected chi connectivity index (χ4v) is 8.88. The van der Waals surface area contributed by atoms with Crippen LogP contribution in [-0.2, 0) is 28.6 Å². The van der Waals surface area contributed by atoms with Crippen LogP contribution in [-0.4, -0.2) is 37.2 Å². The Labute approximate surface area is 458 Å². The van der Waals surface area contributed by atoms with Crippen LogP contribution in [0.15, 0.2) is 85.1 Å². The summed E-state index contributed by atoms with van der Waals surface area (Å²) in [6.45, 7) is 6.50. The molecule has 0 aliphatic heterocycles. The molecular weight excluding hydrogens is 913 g/mol. The van der Waals surface area contributed by atoms with Crippen molar-refractivity contribution in [3.63, 3.8) is 0 Å². The Morgan fingerprint density at radius 2 is 0.541 bits per heavy atom. The lowest BCUT2D eigenvalue weighted by molar-refractivity contribution is -0.167. The highest BCUT2D eigenvalue weighted by molar-refractivity contribution is 5.71. The first-order chi connectivity index (χ1) is 36.5. The maximum Gasteiger partial charge on any atom is 0.306 e. The van der Waals surface area contributed by atoms with E-state index in [1.54, 1.807) is 0 Å². The van der Waals surface area contributed by atoms with E-state index in [-0.39, 0.29) is 37.5 Å². The van der Waals surface area contributed by atoms with Crippen LogP contribution in [0.4, 0.5) is 0 Å². The van der Waals surface area contributed by atoms with Gasteiger partial charge in [0.05, 0.1) is 0 Å². The standard InChI is InChI=1S/C68H118O6/c1-4-7-10-13-16-19-22-25-28-31-32-33-34-35-36-38-40-43-46-49-52-55-58-61-67(70)73-64-65(63-72-66(69)60-57-54-51-48-45-42-39-30-27-24-21-18-15-12-9-6-3)74-68(71)62-59-56-53-50-47-44-41-37-29-26-23-20-17-14-11-8-5-2/h8,11,17,20,26,29-32,39,41,44,50,53,65H,4-7,9-10,12-16,18-19,21-25,27-28,33-38,40,42-43,45-49,51-52,54-64H2,1-3H3/b11-8-,20-17-,29-26-,32-31-,39-30-,44-41-,53-50-. The van der Waals surface area contributed by atoms with E-state index < -0.39 is 6.10 Å². The summed E-state index contributed by atoms with van der Waals surface area (Å²) < 4.78 is 16.9. The summed E-state index contributed by atoms with van der Waals surface area (Å²) in [5.74, 6) is -0.959. The van der Waals surface area contributed by atoms with Crippen LogP contribution in [0, 0.1) is 0 Å². The topological polar surface area (TPSA) is 78.9 Å². The number of allylic oxidation sites excluding steroid dienone is 14. The van der Waals surface area contributed by atoms with Crippen molar-refractivity contribution in [2.24, 2.45) is 0 Å². The van der Waals surface area contributed by atoms with Gasteiger partial charge in [0.15, 0.2) is 6.10 Å². The van der Waals surface area contributed by atoms with Crippen LogP contribution in [0.25, 0.3) is 0 Å². The number of carbonyl (C=O) groups is 3. The molecule has 6 heteroatoms. The molecule has 0 aliphatic rings. The van der Waals surface area contributed by atoms with Crippen LogP contribution < -0.4 is 0 Å². The van der Waals surface area contributed by atoms with Crippen LogP contribution >= 0.6 is 0 Å². The summed E-state index contributed by atoms with van der Waals surface area (Å²) in [6, 6.07) is 0. The lowest BCUT2D eigenvalue weighted by atomic mass is 10.0. The van der Waals surface area contributed by atoms with Crippen molar-refractivity contribution in [2.45, 2.75) is 316 Å². The first kappa shape index (κ1) is 70.6. The quantitative estimate of drug-likeness (QED) is 0.0261. The van der Waals surface area contributed by atoms with Gasteiger partial charge < -0.3 is 14.2 Å². The number of hydrogen-bond acceptors (Lipinski definition) is 6. The highest BCUT2D eigenvalue weighted by Crippen LogP contribution is 2.16. The Hall–Kier alpha value is -3.41. The Morgan fingerprint density at radius 3 is 0.878 bits per heavy atom. The van der Waals surface area contributed by atoms with E-state index in [9.17, 15) is 14.4 Å². The molecule has 0 aliphatic carbocycles. The molecule has 0 aromatic rings. The van der Waals surface area contributed by atoms with Gasteiger partial charge in [0.25, 0.3) is 0 Å². The van der Waals surface area contributed by atoms with Gasteiger partial charge in [-0.2, -0.15) is 0 Å². The van der Waals surface area contributed by atoms with E-state index in [1.807, 2.05) is 0 Å². The number of ether oxygens (including phenoxy) is 3. The zero-order valence-electron chi connectivity index (χ0n) is 48.8. The van der Waals surface area contributed by atoms with E-state index in [4.69, 9.17) is 14.2 Å². The van der Waals surface area contributed by atoms with Crippen LogP contribution in [0.5, 0.6) is 0 Å². The van der Waals surface area contributed by atoms with E-state index in [0.29, 0.717) is 19.3 Å². The number of esters is 3. The third-order valence-electron chi connectivity index (χ3n) is 13.6. The fourth-order valence-electron chi connectivity index (χ4n) is 8.88. The maximum atomic E-state index is 12.9. The number of carbonyl (C=O) groups excluding carboxylic acids is 3. The molecule has 0 amide bonds. The van der Waals surface area contributed by atoms with Gasteiger partial charge in [0, 0.05) is 19.3 Å². The Kier molecular flexibility index (Phi) is 59.3. The van der Waals surface area contributed by atoms with Crippen molar-refractivity contribution in [2.75, 3.05) is 13.2 Å². The second-order valence-corrected chi connectivity index (χ2v) is 20.9. The van der Waals surface area contributed by atoms with Crippen LogP contribution in [0.2, 0.25) is 0 Å². The largest absolute Gasteiger partial charge is 0.462 e. The Balaban J connectivity index is 4.41. The molecule has 0 bridgehead atoms. The molecule has 0 radical (unpaired) electrons. The molecule has 0 aromatic heterocycles. The molecule has 0 spiro atoms. The Bertz CT molecular complexity index is 1420. The van der Waals surface area contributed by atoms with E-state index in [0.717, 1.165) is 83.5 Å². The molecule has 0 fully saturated rings. The molecule has 0 saturated heterocycles. The average Bonchev–Trinajstić information content (AvgIpc) is 3.40. The maximum absolute atomic E-state index is 12.9. The minimum atomic E-state index is -0.811. The van der Waals surface area contributed by atoms with Gasteiger partial charge in [0.2, 0.25) is 0 Å². The molecule has 1 atom stereocenters. The zero-order valence-corrected chi connectivity index (χ0v) is 48.8. The normalized spacial score (nSPS) is 12.6. The van der Waals surface area contributed by atoms with Crippen molar-refractivity contribution in [1.82, 2.24) is 0 Å². The average molecular weight is 1030 g/mol. The van der Waals surface area contributed by atoms with Crippen molar-refractivity contribution in [3.05, 3.63) is 85.1 Å². The summed E-state index contributed by atoms with van der Waals surface area (Å²) in [4.78, 5) is 38.3. The predicted octanol–water partition coefficient (Wildman–Crippen LogP) is 21.5. The molecule has 0 rings (SSSR count). The minimum Gasteiger partial charge on any atom is -0.462 e. The highest BCUT2D eigenvalue weighted by Gasteiger charge is 2.19. The summed E-state index contributed by atoms with van der Waals surface area (Å²) in [5, 5.41) is 0. The van der Waals surface area contributed by atoms with E-state index >= 15 is 0 Å². The first-order valence-corrected chi connectivity index (χ1v) is 31.6. The number of rotatable bonds is 57. The molecule has 0 aromatic carbocycles. The number of unbranched alkanes of at least 4 members (excludes halogenated alkanes) is 32. The predicted molar refractivity (Wildman–Crippen MR) is 321 cm³/mol. The molecule has 426 valence electrons. The van der Waals surface area contributed by atoms with Gasteiger partial charge >= 0.3 is 17.9 Å². The lowest BCUT2D eigenvalue weighted by Crippen LogP contribution is -2.30. The van der Waals surface area contributed by atoms with Gasteiger partial charge in [-0.1, -0.05) is 266 Å². The SMILES string of the molecule is CC/C=C\C/C=C\C/C=C\C/C=C\C/C=C\CCCC(=O)OC(COC(=O)CCCCCCC/C=C\CCCCCCCCC)COC(=O)CCCCCCCCCCCCC/C=C\CCCCCCCCCC. The van der Waals surface area contributed by atoms with Crippen molar-refractivity contribution < 1.29 is 28.6 Å². The van der Waals surface area contributed by atoms with Gasteiger partial charge in [-0.3, -0.25) is 14.4 Å². The van der Waals surface area contributed by atoms with Crippen LogP contribution in [0.1, 0.15) is 310 Å². The molecule has 74 heavy (non-hydrogen) atoms. The van der Waals surface area contributed by atoms with Crippen molar-refractivity contribution >= 4 is 17.9 Å². The second kappa shape index (κ2) is 62.1. The third kappa shape index (κ3) is 59.5. The molecule has 0 heterocycles. The number of hydrogen-bond donors (Lipinski definition) is 0. The molecule has 1 unspecified atom stereocenters. The van der Waals surface area contributed by atoms with Gasteiger partial charge in [-0.05, 0) is 109 Å². The minimum absolute atomic E-state index is 0.101. The summed E-state index contributed by atoms with van der Waals surface area (Å²) in [5.41, 5.74) is 0. The summed E-state index contributed by atoms with van der Waals surface area (Å²) in [6.07, 6.45) is 81.7. The zero-order chi connectivity index (χ0) is 53.6. The fraction of sp³-hybridized carbons (Fsp3) is 0.750. The molecule has 0 N–H and O–H groups in total. The third-order valence-corrected chi connectivity index (χ3v) is 13.6. The van der Waals surface area contributed by atoms with Crippen molar-refractivity contribution in [1.29, 1.82) is 0 Å². The van der Waals surface area contributed by atoms with Crippen LogP contribution in [0.3, 0.4) is 0 Å². The lowest BCUT2D eigenvalue weighted by Gasteiger charge is -2.18. The summed E-state index contributed by atoms with van der Waals surface area (Å²) >= 11 is 0. The molecule has 0 saturated carbocycles. The van der Waals surface area contributed by atoms with Crippen molar-refractivity contribution in [3.8, 4) is 0 Å². The smallest absolute Gasteiger partial charge is 0.306 e. The molecule has 6 nitrogen and oxygen atoms in total. The van der Waals surface area contributed by atoms with Gasteiger partial charge in [-0.25, -0.2) is 0 Å². The highest BCUT2D eigenvalue weighted by atomic mass is 16.6. The summed E-state index contributed by atoms with van der Waals surface area (Å²) in [7, 11) is 0. The Morgan fingerprint density at radius 1 is 0.284 bits per heavy atom. The monoisotopic (exact) mass is 1030 g/mol. The van der Waals surface area contributed by atoms with Gasteiger partial charge in [0.1, 0.15) is 13.2 Å². The molecular formula is C68H118O6. The van der Waals surface area contributed by atoms with E-state index in [2.05, 4.69) is 106 Å². The van der Waals surface area contributed by atoms with Gasteiger partial charge in [-0.15, -0.1) is 0 Å².